The van der Waals surface area contributed by atoms with Crippen LogP contribution < -0.4 is 4.80 Å². The van der Waals surface area contributed by atoms with Crippen molar-refractivity contribution in [1.29, 1.82) is 0 Å². The number of fused-ring (bicyclic) bond motifs is 1. The maximum absolute atomic E-state index is 12.9. The van der Waals surface area contributed by atoms with Crippen LogP contribution in [-0.2, 0) is 20.9 Å². The lowest BCUT2D eigenvalue weighted by molar-refractivity contribution is 0.0999. The molecule has 0 aliphatic carbocycles. The second-order valence-corrected chi connectivity index (χ2v) is 9.17. The number of rotatable bonds is 5. The Kier molecular flexibility index (Phi) is 5.56. The SMILES string of the molecule is CS(=O)(=O)OCc1csc(=NC(=O)c2c[nH]c3ncccc23)n1-c1ccccc1Cl. The Morgan fingerprint density at radius 2 is 2.10 bits per heavy atom. The van der Waals surface area contributed by atoms with E-state index in [-0.39, 0.29) is 6.61 Å². The minimum atomic E-state index is -3.66. The fraction of sp³-hybridized carbons (Fsp3) is 0.105. The number of aromatic amines is 1. The number of aromatic nitrogens is 3. The van der Waals surface area contributed by atoms with Gasteiger partial charge in [0, 0.05) is 23.2 Å². The van der Waals surface area contributed by atoms with Gasteiger partial charge in [-0.15, -0.1) is 11.3 Å². The number of nitrogens with one attached hydrogen (secondary N) is 1. The van der Waals surface area contributed by atoms with Gasteiger partial charge >= 0.3 is 0 Å². The van der Waals surface area contributed by atoms with Gasteiger partial charge in [-0.2, -0.15) is 13.4 Å². The molecule has 0 atom stereocenters. The minimum Gasteiger partial charge on any atom is -0.345 e. The Labute approximate surface area is 180 Å². The van der Waals surface area contributed by atoms with Gasteiger partial charge in [-0.25, -0.2) is 4.98 Å². The molecule has 3 heterocycles. The maximum Gasteiger partial charge on any atom is 0.281 e. The van der Waals surface area contributed by atoms with Crippen LogP contribution in [0.5, 0.6) is 0 Å². The van der Waals surface area contributed by atoms with Gasteiger partial charge in [0.15, 0.2) is 4.80 Å². The third-order valence-electron chi connectivity index (χ3n) is 4.17. The summed E-state index contributed by atoms with van der Waals surface area (Å²) in [6.07, 6.45) is 4.16. The molecule has 0 aliphatic heterocycles. The van der Waals surface area contributed by atoms with Gasteiger partial charge in [0.05, 0.1) is 28.2 Å². The van der Waals surface area contributed by atoms with Crippen molar-refractivity contribution >= 4 is 50.0 Å². The average molecular weight is 463 g/mol. The van der Waals surface area contributed by atoms with Crippen LogP contribution in [0.15, 0.2) is 59.2 Å². The number of thiazole rings is 1. The van der Waals surface area contributed by atoms with Crippen LogP contribution in [0.25, 0.3) is 16.7 Å². The van der Waals surface area contributed by atoms with Crippen molar-refractivity contribution in [2.24, 2.45) is 4.99 Å². The van der Waals surface area contributed by atoms with E-state index in [0.29, 0.717) is 37.8 Å². The zero-order chi connectivity index (χ0) is 21.3. The lowest BCUT2D eigenvalue weighted by Crippen LogP contribution is -2.19. The molecule has 0 saturated heterocycles. The molecule has 154 valence electrons. The number of amides is 1. The van der Waals surface area contributed by atoms with Gasteiger partial charge in [-0.3, -0.25) is 13.5 Å². The standard InChI is InChI=1S/C19H15ClN4O4S2/c1-30(26,27)28-10-12-11-29-19(24(12)16-7-3-2-6-15(16)20)23-18(25)14-9-22-17-13(14)5-4-8-21-17/h2-9,11H,10H2,1H3,(H,21,22). The zero-order valence-corrected chi connectivity index (χ0v) is 18.0. The van der Waals surface area contributed by atoms with Crippen LogP contribution in [0.4, 0.5) is 0 Å². The van der Waals surface area contributed by atoms with Crippen molar-refractivity contribution in [3.63, 3.8) is 0 Å². The molecule has 0 unspecified atom stereocenters. The molecule has 0 bridgehead atoms. The summed E-state index contributed by atoms with van der Waals surface area (Å²) in [5.74, 6) is -0.465. The smallest absolute Gasteiger partial charge is 0.281 e. The summed E-state index contributed by atoms with van der Waals surface area (Å²) in [7, 11) is -3.66. The molecule has 0 fully saturated rings. The molecule has 1 aromatic carbocycles. The van der Waals surface area contributed by atoms with Crippen molar-refractivity contribution < 1.29 is 17.4 Å². The molecule has 1 amide bonds. The van der Waals surface area contributed by atoms with E-state index in [9.17, 15) is 13.2 Å². The third kappa shape index (κ3) is 4.21. The molecule has 8 nitrogen and oxygen atoms in total. The first kappa shape index (κ1) is 20.5. The van der Waals surface area contributed by atoms with Crippen molar-refractivity contribution in [2.45, 2.75) is 6.61 Å². The van der Waals surface area contributed by atoms with E-state index in [0.717, 1.165) is 6.26 Å². The van der Waals surface area contributed by atoms with Crippen LogP contribution in [0.2, 0.25) is 5.02 Å². The molecule has 0 aliphatic rings. The zero-order valence-electron chi connectivity index (χ0n) is 15.6. The van der Waals surface area contributed by atoms with Gasteiger partial charge in [-0.1, -0.05) is 23.7 Å². The van der Waals surface area contributed by atoms with Crippen molar-refractivity contribution in [3.05, 3.63) is 75.3 Å². The Bertz CT molecular complexity index is 1420. The minimum absolute atomic E-state index is 0.221. The summed E-state index contributed by atoms with van der Waals surface area (Å²) in [6, 6.07) is 10.5. The first-order valence-electron chi connectivity index (χ1n) is 8.63. The quantitative estimate of drug-likeness (QED) is 0.458. The molecule has 11 heteroatoms. The lowest BCUT2D eigenvalue weighted by Gasteiger charge is -2.10. The van der Waals surface area contributed by atoms with E-state index in [2.05, 4.69) is 15.0 Å². The fourth-order valence-electron chi connectivity index (χ4n) is 2.86. The highest BCUT2D eigenvalue weighted by molar-refractivity contribution is 7.85. The first-order valence-corrected chi connectivity index (χ1v) is 11.7. The molecule has 4 aromatic rings. The van der Waals surface area contributed by atoms with Gasteiger partial charge in [0.1, 0.15) is 12.3 Å². The highest BCUT2D eigenvalue weighted by atomic mass is 35.5. The maximum atomic E-state index is 12.9. The molecule has 4 rings (SSSR count). The normalized spacial score (nSPS) is 12.5. The van der Waals surface area contributed by atoms with E-state index in [1.807, 2.05) is 0 Å². The largest absolute Gasteiger partial charge is 0.345 e. The first-order chi connectivity index (χ1) is 14.3. The second kappa shape index (κ2) is 8.15. The molecule has 3 aromatic heterocycles. The predicted molar refractivity (Wildman–Crippen MR) is 114 cm³/mol. The molecule has 30 heavy (non-hydrogen) atoms. The highest BCUT2D eigenvalue weighted by Crippen LogP contribution is 2.22. The number of nitrogens with zero attached hydrogens (tertiary/aromatic N) is 3. The van der Waals surface area contributed by atoms with Gasteiger partial charge in [0.2, 0.25) is 0 Å². The van der Waals surface area contributed by atoms with Crippen LogP contribution in [0.3, 0.4) is 0 Å². The third-order valence-corrected chi connectivity index (χ3v) is 5.91. The van der Waals surface area contributed by atoms with E-state index < -0.39 is 16.0 Å². The number of hydrogen-bond donors (Lipinski definition) is 1. The number of halogens is 1. The van der Waals surface area contributed by atoms with Crippen molar-refractivity contribution in [3.8, 4) is 5.69 Å². The van der Waals surface area contributed by atoms with Crippen LogP contribution in [-0.4, -0.2) is 35.1 Å². The van der Waals surface area contributed by atoms with E-state index >= 15 is 0 Å². The summed E-state index contributed by atoms with van der Waals surface area (Å²) in [4.78, 5) is 24.6. The predicted octanol–water partition coefficient (Wildman–Crippen LogP) is 3.29. The van der Waals surface area contributed by atoms with E-state index in [1.54, 1.807) is 58.7 Å². The number of benzene rings is 1. The fourth-order valence-corrected chi connectivity index (χ4v) is 4.29. The molecule has 0 spiro atoms. The molecule has 0 radical (unpaired) electrons. The Balaban J connectivity index is 1.84. The summed E-state index contributed by atoms with van der Waals surface area (Å²) >= 11 is 7.53. The van der Waals surface area contributed by atoms with E-state index in [4.69, 9.17) is 15.8 Å². The summed E-state index contributed by atoms with van der Waals surface area (Å²) in [6.45, 7) is -0.221. The Hall–Kier alpha value is -2.79. The number of hydrogen-bond acceptors (Lipinski definition) is 6. The van der Waals surface area contributed by atoms with Gasteiger partial charge in [0.25, 0.3) is 16.0 Å². The monoisotopic (exact) mass is 462 g/mol. The van der Waals surface area contributed by atoms with Crippen molar-refractivity contribution in [1.82, 2.24) is 14.5 Å². The number of H-pyrrole nitrogens is 1. The molecular weight excluding hydrogens is 448 g/mol. The molecule has 1 N–H and O–H groups in total. The number of para-hydroxylation sites is 1. The summed E-state index contributed by atoms with van der Waals surface area (Å²) in [5, 5.41) is 2.76. The van der Waals surface area contributed by atoms with Crippen LogP contribution >= 0.6 is 22.9 Å². The average Bonchev–Trinajstić information content (AvgIpc) is 3.30. The Morgan fingerprint density at radius 3 is 2.87 bits per heavy atom. The number of carbonyl (C=O) groups excluding carboxylic acids is 1. The van der Waals surface area contributed by atoms with Crippen molar-refractivity contribution in [2.75, 3.05) is 6.26 Å². The number of carbonyl (C=O) groups is 1. The highest BCUT2D eigenvalue weighted by Gasteiger charge is 2.16. The van der Waals surface area contributed by atoms with Crippen LogP contribution in [0, 0.1) is 0 Å². The molecular formula is C19H15ClN4O4S2. The lowest BCUT2D eigenvalue weighted by atomic mass is 10.2. The second-order valence-electron chi connectivity index (χ2n) is 6.28. The number of pyridine rings is 1. The van der Waals surface area contributed by atoms with Gasteiger partial charge in [-0.05, 0) is 24.3 Å². The van der Waals surface area contributed by atoms with Crippen LogP contribution in [0.1, 0.15) is 16.1 Å². The summed E-state index contributed by atoms with van der Waals surface area (Å²) in [5.41, 5.74) is 2.01. The molecule has 0 saturated carbocycles. The topological polar surface area (TPSA) is 106 Å². The Morgan fingerprint density at radius 1 is 1.30 bits per heavy atom. The van der Waals surface area contributed by atoms with E-state index in [1.165, 1.54) is 11.3 Å². The van der Waals surface area contributed by atoms with Gasteiger partial charge < -0.3 is 4.98 Å². The summed E-state index contributed by atoms with van der Waals surface area (Å²) < 4.78 is 29.4.